The molecule has 0 fully saturated rings. The van der Waals surface area contributed by atoms with Gasteiger partial charge in [0.1, 0.15) is 11.6 Å². The predicted molar refractivity (Wildman–Crippen MR) is 67.6 cm³/mol. The highest BCUT2D eigenvalue weighted by atomic mass is 35.5. The Balaban J connectivity index is 2.76. The van der Waals surface area contributed by atoms with Crippen LogP contribution in [0.1, 0.15) is 25.3 Å². The third-order valence-electron chi connectivity index (χ3n) is 2.77. The molecule has 4 heteroatoms. The SMILES string of the molecule is CCCC(CN)C(=O)Cc1cccc(Cl)c1F. The highest BCUT2D eigenvalue weighted by molar-refractivity contribution is 6.30. The van der Waals surface area contributed by atoms with Gasteiger partial charge in [-0.15, -0.1) is 0 Å². The molecule has 1 aromatic rings. The van der Waals surface area contributed by atoms with Crippen LogP contribution in [0.5, 0.6) is 0 Å². The zero-order valence-electron chi connectivity index (χ0n) is 9.88. The number of nitrogens with two attached hydrogens (primary N) is 1. The van der Waals surface area contributed by atoms with Crippen LogP contribution in [-0.2, 0) is 11.2 Å². The number of rotatable bonds is 6. The van der Waals surface area contributed by atoms with Gasteiger partial charge in [0, 0.05) is 18.9 Å². The summed E-state index contributed by atoms with van der Waals surface area (Å²) in [6.07, 6.45) is 1.71. The first-order valence-electron chi connectivity index (χ1n) is 5.75. The maximum Gasteiger partial charge on any atom is 0.145 e. The molecule has 2 N–H and O–H groups in total. The first-order chi connectivity index (χ1) is 8.10. The number of hydrogen-bond acceptors (Lipinski definition) is 2. The van der Waals surface area contributed by atoms with Gasteiger partial charge in [0.05, 0.1) is 5.02 Å². The normalized spacial score (nSPS) is 12.5. The van der Waals surface area contributed by atoms with Crippen molar-refractivity contribution < 1.29 is 9.18 Å². The third kappa shape index (κ3) is 3.79. The van der Waals surface area contributed by atoms with E-state index in [1.807, 2.05) is 6.92 Å². The molecule has 2 nitrogen and oxygen atoms in total. The summed E-state index contributed by atoms with van der Waals surface area (Å²) in [4.78, 5) is 11.9. The number of halogens is 2. The molecule has 0 aromatic heterocycles. The molecule has 1 aromatic carbocycles. The fourth-order valence-electron chi connectivity index (χ4n) is 1.78. The van der Waals surface area contributed by atoms with Gasteiger partial charge in [0.15, 0.2) is 0 Å². The summed E-state index contributed by atoms with van der Waals surface area (Å²) in [6.45, 7) is 2.31. The number of Topliss-reactive ketones (excluding diaryl/α,β-unsaturated/α-hetero) is 1. The van der Waals surface area contributed by atoms with E-state index in [0.29, 0.717) is 12.1 Å². The lowest BCUT2D eigenvalue weighted by Crippen LogP contribution is -2.25. The standard InChI is InChI=1S/C13H17ClFNO/c1-2-4-10(8-16)12(17)7-9-5-3-6-11(14)13(9)15/h3,5-6,10H,2,4,7-8,16H2,1H3. The maximum absolute atomic E-state index is 13.6. The fourth-order valence-corrected chi connectivity index (χ4v) is 1.97. The summed E-state index contributed by atoms with van der Waals surface area (Å²) in [5, 5.41) is 0.0510. The van der Waals surface area contributed by atoms with Crippen LogP contribution in [0.2, 0.25) is 5.02 Å². The highest BCUT2D eigenvalue weighted by Crippen LogP contribution is 2.20. The molecular formula is C13H17ClFNO. The molecule has 0 aliphatic heterocycles. The van der Waals surface area contributed by atoms with Crippen LogP contribution in [0.4, 0.5) is 4.39 Å². The quantitative estimate of drug-likeness (QED) is 0.851. The van der Waals surface area contributed by atoms with E-state index in [1.165, 1.54) is 6.07 Å². The van der Waals surface area contributed by atoms with E-state index in [9.17, 15) is 9.18 Å². The zero-order valence-corrected chi connectivity index (χ0v) is 10.6. The second-order valence-corrected chi connectivity index (χ2v) is 4.48. The van der Waals surface area contributed by atoms with Crippen molar-refractivity contribution in [2.45, 2.75) is 26.2 Å². The Bertz CT molecular complexity index is 395. The second kappa shape index (κ2) is 6.72. The van der Waals surface area contributed by atoms with Gasteiger partial charge in [0.25, 0.3) is 0 Å². The topological polar surface area (TPSA) is 43.1 Å². The van der Waals surface area contributed by atoms with Gasteiger partial charge < -0.3 is 5.73 Å². The largest absolute Gasteiger partial charge is 0.330 e. The smallest absolute Gasteiger partial charge is 0.145 e. The minimum Gasteiger partial charge on any atom is -0.330 e. The Morgan fingerprint density at radius 3 is 2.82 bits per heavy atom. The average molecular weight is 258 g/mol. The van der Waals surface area contributed by atoms with Crippen molar-refractivity contribution in [3.63, 3.8) is 0 Å². The second-order valence-electron chi connectivity index (χ2n) is 4.08. The highest BCUT2D eigenvalue weighted by Gasteiger charge is 2.18. The van der Waals surface area contributed by atoms with Gasteiger partial charge in [-0.3, -0.25) is 4.79 Å². The van der Waals surface area contributed by atoms with Crippen molar-refractivity contribution in [2.75, 3.05) is 6.54 Å². The van der Waals surface area contributed by atoms with Gasteiger partial charge in [-0.05, 0) is 18.1 Å². The molecule has 0 amide bonds. The maximum atomic E-state index is 13.6. The van der Waals surface area contributed by atoms with Crippen molar-refractivity contribution >= 4 is 17.4 Å². The summed E-state index contributed by atoms with van der Waals surface area (Å²) in [5.41, 5.74) is 5.89. The molecule has 0 aliphatic rings. The third-order valence-corrected chi connectivity index (χ3v) is 3.07. The lowest BCUT2D eigenvalue weighted by molar-refractivity contribution is -0.122. The molecule has 0 bridgehead atoms. The van der Waals surface area contributed by atoms with E-state index in [1.54, 1.807) is 12.1 Å². The minimum absolute atomic E-state index is 0.0180. The van der Waals surface area contributed by atoms with Crippen molar-refractivity contribution in [2.24, 2.45) is 11.7 Å². The van der Waals surface area contributed by atoms with E-state index in [4.69, 9.17) is 17.3 Å². The first kappa shape index (κ1) is 14.1. The van der Waals surface area contributed by atoms with Crippen LogP contribution in [0, 0.1) is 11.7 Å². The van der Waals surface area contributed by atoms with Gasteiger partial charge in [-0.1, -0.05) is 37.1 Å². The van der Waals surface area contributed by atoms with Crippen LogP contribution in [0.3, 0.4) is 0 Å². The molecule has 0 saturated heterocycles. The van der Waals surface area contributed by atoms with Crippen LogP contribution < -0.4 is 5.73 Å². The molecule has 17 heavy (non-hydrogen) atoms. The van der Waals surface area contributed by atoms with E-state index in [2.05, 4.69) is 0 Å². The Kier molecular flexibility index (Phi) is 5.59. The zero-order chi connectivity index (χ0) is 12.8. The lowest BCUT2D eigenvalue weighted by atomic mass is 9.94. The predicted octanol–water partition coefficient (Wildman–Crippen LogP) is 2.97. The van der Waals surface area contributed by atoms with Crippen molar-refractivity contribution in [3.8, 4) is 0 Å². The van der Waals surface area contributed by atoms with E-state index >= 15 is 0 Å². The van der Waals surface area contributed by atoms with E-state index in [-0.39, 0.29) is 23.1 Å². The summed E-state index contributed by atoms with van der Waals surface area (Å²) in [7, 11) is 0. The number of benzene rings is 1. The van der Waals surface area contributed by atoms with Gasteiger partial charge in [-0.25, -0.2) is 4.39 Å². The average Bonchev–Trinajstić information content (AvgIpc) is 2.31. The Morgan fingerprint density at radius 2 is 2.24 bits per heavy atom. The van der Waals surface area contributed by atoms with Crippen LogP contribution >= 0.6 is 11.6 Å². The van der Waals surface area contributed by atoms with E-state index < -0.39 is 5.82 Å². The molecule has 0 aliphatic carbocycles. The molecule has 0 heterocycles. The van der Waals surface area contributed by atoms with Gasteiger partial charge >= 0.3 is 0 Å². The van der Waals surface area contributed by atoms with Crippen molar-refractivity contribution in [1.82, 2.24) is 0 Å². The summed E-state index contributed by atoms with van der Waals surface area (Å²) < 4.78 is 13.6. The molecule has 0 saturated carbocycles. The fraction of sp³-hybridized carbons (Fsp3) is 0.462. The summed E-state index contributed by atoms with van der Waals surface area (Å²) >= 11 is 5.66. The molecular weight excluding hydrogens is 241 g/mol. The molecule has 94 valence electrons. The first-order valence-corrected chi connectivity index (χ1v) is 6.13. The van der Waals surface area contributed by atoms with Gasteiger partial charge in [0.2, 0.25) is 0 Å². The minimum atomic E-state index is -0.505. The molecule has 0 spiro atoms. The Morgan fingerprint density at radius 1 is 1.53 bits per heavy atom. The van der Waals surface area contributed by atoms with Crippen LogP contribution in [0.15, 0.2) is 18.2 Å². The summed E-state index contributed by atoms with van der Waals surface area (Å²) in [6, 6.07) is 4.70. The van der Waals surface area contributed by atoms with Gasteiger partial charge in [-0.2, -0.15) is 0 Å². The van der Waals surface area contributed by atoms with Crippen LogP contribution in [-0.4, -0.2) is 12.3 Å². The lowest BCUT2D eigenvalue weighted by Gasteiger charge is -2.12. The molecule has 1 atom stereocenters. The van der Waals surface area contributed by atoms with E-state index in [0.717, 1.165) is 12.8 Å². The molecule has 1 rings (SSSR count). The number of carbonyl (C=O) groups is 1. The van der Waals surface area contributed by atoms with Crippen molar-refractivity contribution in [1.29, 1.82) is 0 Å². The van der Waals surface area contributed by atoms with Crippen molar-refractivity contribution in [3.05, 3.63) is 34.6 Å². The van der Waals surface area contributed by atoms with Crippen LogP contribution in [0.25, 0.3) is 0 Å². The summed E-state index contributed by atoms with van der Waals surface area (Å²) in [5.74, 6) is -0.705. The molecule has 0 radical (unpaired) electrons. The number of ketones is 1. The number of hydrogen-bond donors (Lipinski definition) is 1. The molecule has 1 unspecified atom stereocenters. The Labute approximate surface area is 106 Å². The Hall–Kier alpha value is -0.930. The monoisotopic (exact) mass is 257 g/mol. The number of carbonyl (C=O) groups excluding carboxylic acids is 1.